The summed E-state index contributed by atoms with van der Waals surface area (Å²) in [7, 11) is -3.47. The molecule has 1 aromatic carbocycles. The van der Waals surface area contributed by atoms with Crippen LogP contribution < -0.4 is 0 Å². The Bertz CT molecular complexity index is 886. The van der Waals surface area contributed by atoms with Crippen molar-refractivity contribution < 1.29 is 17.9 Å². The van der Waals surface area contributed by atoms with E-state index in [9.17, 15) is 13.2 Å². The van der Waals surface area contributed by atoms with Crippen molar-refractivity contribution in [2.24, 2.45) is 0 Å². The second-order valence-corrected chi connectivity index (χ2v) is 9.97. The Morgan fingerprint density at radius 1 is 1.11 bits per heavy atom. The maximum atomic E-state index is 12.8. The normalized spacial score (nSPS) is 16.4. The first-order chi connectivity index (χ1) is 12.9. The Hall–Kier alpha value is -1.74. The molecule has 0 N–H and O–H groups in total. The van der Waals surface area contributed by atoms with Crippen molar-refractivity contribution in [2.75, 3.05) is 32.7 Å². The van der Waals surface area contributed by atoms with Gasteiger partial charge in [0.05, 0.1) is 11.4 Å². The highest BCUT2D eigenvalue weighted by molar-refractivity contribution is 7.89. The van der Waals surface area contributed by atoms with Crippen molar-refractivity contribution in [2.45, 2.75) is 25.3 Å². The molecule has 8 heteroatoms. The maximum absolute atomic E-state index is 12.8. The van der Waals surface area contributed by atoms with Crippen LogP contribution in [0.3, 0.4) is 0 Å². The van der Waals surface area contributed by atoms with Gasteiger partial charge in [-0.15, -0.1) is 11.3 Å². The van der Waals surface area contributed by atoms with Gasteiger partial charge in [0, 0.05) is 35.9 Å². The third-order valence-corrected chi connectivity index (χ3v) is 7.66. The molecule has 146 valence electrons. The number of aryl methyl sites for hydroxylation is 2. The predicted molar refractivity (Wildman–Crippen MR) is 105 cm³/mol. The highest BCUT2D eigenvalue weighted by Gasteiger charge is 2.31. The molecule has 1 aliphatic heterocycles. The van der Waals surface area contributed by atoms with Crippen LogP contribution >= 0.6 is 11.3 Å². The Morgan fingerprint density at radius 3 is 2.37 bits per heavy atom. The summed E-state index contributed by atoms with van der Waals surface area (Å²) in [5.74, 6) is -0.292. The van der Waals surface area contributed by atoms with E-state index in [1.807, 2.05) is 49.1 Å². The van der Waals surface area contributed by atoms with E-state index in [2.05, 4.69) is 0 Å². The number of piperazine rings is 1. The fourth-order valence-electron chi connectivity index (χ4n) is 3.10. The Kier molecular flexibility index (Phi) is 6.31. The van der Waals surface area contributed by atoms with Gasteiger partial charge in [-0.3, -0.25) is 9.69 Å². The van der Waals surface area contributed by atoms with Crippen LogP contribution in [0, 0.1) is 13.8 Å². The van der Waals surface area contributed by atoms with E-state index in [0.29, 0.717) is 31.1 Å². The number of esters is 1. The summed E-state index contributed by atoms with van der Waals surface area (Å²) in [5, 5.41) is 0. The monoisotopic (exact) mass is 408 g/mol. The van der Waals surface area contributed by atoms with Crippen LogP contribution in [-0.2, 0) is 26.2 Å². The summed E-state index contributed by atoms with van der Waals surface area (Å²) in [6.45, 7) is 5.97. The molecule has 27 heavy (non-hydrogen) atoms. The standard InChI is InChI=1S/C19H24N2O4S2/c1-15-12-18(16(2)26-15)27(23,24)21-10-8-20(9-11-21)13-19(22)25-14-17-6-4-3-5-7-17/h3-7,12H,8-11,13-14H2,1-2H3. The number of carbonyl (C=O) groups excluding carboxylic acids is 1. The lowest BCUT2D eigenvalue weighted by Crippen LogP contribution is -2.50. The SMILES string of the molecule is Cc1cc(S(=O)(=O)N2CCN(CC(=O)OCc3ccccc3)CC2)c(C)s1. The van der Waals surface area contributed by atoms with Crippen molar-refractivity contribution in [1.82, 2.24) is 9.21 Å². The largest absolute Gasteiger partial charge is 0.460 e. The topological polar surface area (TPSA) is 66.9 Å². The summed E-state index contributed by atoms with van der Waals surface area (Å²) in [6.07, 6.45) is 0. The number of sulfonamides is 1. The molecule has 0 atom stereocenters. The predicted octanol–water partition coefficient (Wildman–Crippen LogP) is 2.41. The average molecular weight is 409 g/mol. The highest BCUT2D eigenvalue weighted by Crippen LogP contribution is 2.28. The van der Waals surface area contributed by atoms with Crippen LogP contribution in [0.15, 0.2) is 41.3 Å². The van der Waals surface area contributed by atoms with Crippen LogP contribution in [0.5, 0.6) is 0 Å². The molecule has 0 unspecified atom stereocenters. The lowest BCUT2D eigenvalue weighted by Gasteiger charge is -2.33. The molecule has 1 saturated heterocycles. The zero-order chi connectivity index (χ0) is 19.4. The van der Waals surface area contributed by atoms with E-state index in [0.717, 1.165) is 15.3 Å². The first-order valence-electron chi connectivity index (χ1n) is 8.85. The smallest absolute Gasteiger partial charge is 0.320 e. The van der Waals surface area contributed by atoms with Crippen molar-refractivity contribution in [1.29, 1.82) is 0 Å². The summed E-state index contributed by atoms with van der Waals surface area (Å²) >= 11 is 1.50. The van der Waals surface area contributed by atoms with Crippen LogP contribution in [0.1, 0.15) is 15.3 Å². The van der Waals surface area contributed by atoms with Gasteiger partial charge in [0.1, 0.15) is 6.61 Å². The summed E-state index contributed by atoms with van der Waals surface area (Å²) in [5.41, 5.74) is 0.947. The molecule has 1 aliphatic rings. The van der Waals surface area contributed by atoms with Gasteiger partial charge in [-0.2, -0.15) is 4.31 Å². The molecule has 0 saturated carbocycles. The van der Waals surface area contributed by atoms with Gasteiger partial charge in [0.2, 0.25) is 10.0 Å². The van der Waals surface area contributed by atoms with E-state index < -0.39 is 10.0 Å². The quantitative estimate of drug-likeness (QED) is 0.687. The van der Waals surface area contributed by atoms with E-state index in [1.165, 1.54) is 15.6 Å². The molecule has 0 amide bonds. The lowest BCUT2D eigenvalue weighted by atomic mass is 10.2. The van der Waals surface area contributed by atoms with Gasteiger partial charge in [-0.25, -0.2) is 8.42 Å². The number of benzene rings is 1. The van der Waals surface area contributed by atoms with Gasteiger partial charge in [-0.05, 0) is 25.5 Å². The number of hydrogen-bond donors (Lipinski definition) is 0. The number of carbonyl (C=O) groups is 1. The van der Waals surface area contributed by atoms with Crippen LogP contribution in [0.4, 0.5) is 0 Å². The molecular formula is C19H24N2O4S2. The van der Waals surface area contributed by atoms with Crippen molar-refractivity contribution >= 4 is 27.3 Å². The van der Waals surface area contributed by atoms with Crippen molar-refractivity contribution in [3.63, 3.8) is 0 Å². The zero-order valence-corrected chi connectivity index (χ0v) is 17.2. The maximum Gasteiger partial charge on any atom is 0.320 e. The van der Waals surface area contributed by atoms with Crippen molar-refractivity contribution in [3.8, 4) is 0 Å². The molecule has 0 spiro atoms. The minimum Gasteiger partial charge on any atom is -0.460 e. The van der Waals surface area contributed by atoms with E-state index in [-0.39, 0.29) is 19.1 Å². The molecular weight excluding hydrogens is 384 g/mol. The van der Waals surface area contributed by atoms with Gasteiger partial charge >= 0.3 is 5.97 Å². The molecule has 6 nitrogen and oxygen atoms in total. The molecule has 2 heterocycles. The first-order valence-corrected chi connectivity index (χ1v) is 11.1. The van der Waals surface area contributed by atoms with Crippen molar-refractivity contribution in [3.05, 3.63) is 51.7 Å². The van der Waals surface area contributed by atoms with Crippen LogP contribution in [0.2, 0.25) is 0 Å². The van der Waals surface area contributed by atoms with Gasteiger partial charge in [-0.1, -0.05) is 30.3 Å². The van der Waals surface area contributed by atoms with Crippen LogP contribution in [-0.4, -0.2) is 56.3 Å². The number of thiophene rings is 1. The third kappa shape index (κ3) is 4.95. The molecule has 1 fully saturated rings. The van der Waals surface area contributed by atoms with Crippen LogP contribution in [0.25, 0.3) is 0 Å². The Labute approximate surface area is 164 Å². The number of rotatable bonds is 6. The average Bonchev–Trinajstić information content (AvgIpc) is 3.00. The second-order valence-electron chi connectivity index (χ2n) is 6.60. The Morgan fingerprint density at radius 2 is 1.78 bits per heavy atom. The Balaban J connectivity index is 1.50. The van der Waals surface area contributed by atoms with E-state index in [1.54, 1.807) is 6.07 Å². The van der Waals surface area contributed by atoms with E-state index >= 15 is 0 Å². The molecule has 3 rings (SSSR count). The van der Waals surface area contributed by atoms with Gasteiger partial charge in [0.25, 0.3) is 0 Å². The number of hydrogen-bond acceptors (Lipinski definition) is 6. The highest BCUT2D eigenvalue weighted by atomic mass is 32.2. The second kappa shape index (κ2) is 8.52. The number of nitrogens with zero attached hydrogens (tertiary/aromatic N) is 2. The minimum absolute atomic E-state index is 0.178. The molecule has 2 aromatic rings. The summed E-state index contributed by atoms with van der Waals surface area (Å²) in [4.78, 5) is 16.2. The summed E-state index contributed by atoms with van der Waals surface area (Å²) in [6, 6.07) is 11.3. The fraction of sp³-hybridized carbons (Fsp3) is 0.421. The molecule has 0 bridgehead atoms. The molecule has 0 radical (unpaired) electrons. The fourth-order valence-corrected chi connectivity index (χ4v) is 6.04. The van der Waals surface area contributed by atoms with Gasteiger partial charge < -0.3 is 4.74 Å². The summed E-state index contributed by atoms with van der Waals surface area (Å²) < 4.78 is 32.5. The number of ether oxygens (including phenoxy) is 1. The molecule has 0 aliphatic carbocycles. The first kappa shape index (κ1) is 20.0. The van der Waals surface area contributed by atoms with E-state index in [4.69, 9.17) is 4.74 Å². The van der Waals surface area contributed by atoms with Gasteiger partial charge in [0.15, 0.2) is 0 Å². The third-order valence-electron chi connectivity index (χ3n) is 4.54. The minimum atomic E-state index is -3.47. The zero-order valence-electron chi connectivity index (χ0n) is 15.6. The lowest BCUT2D eigenvalue weighted by molar-refractivity contribution is -0.146. The molecule has 1 aromatic heterocycles.